The van der Waals surface area contributed by atoms with E-state index in [0.717, 1.165) is 15.2 Å². The first-order valence-electron chi connectivity index (χ1n) is 5.21. The summed E-state index contributed by atoms with van der Waals surface area (Å²) in [6, 6.07) is 10.6. The largest absolute Gasteiger partial charge is 0.126 e. The normalized spacial score (nSPS) is 12.7. The van der Waals surface area contributed by atoms with Crippen LogP contribution in [0.25, 0.3) is 0 Å². The molecule has 0 aliphatic heterocycles. The second-order valence-electron chi connectivity index (χ2n) is 3.87. The molecule has 0 aliphatic rings. The molecule has 0 radical (unpaired) electrons. The Kier molecular flexibility index (Phi) is 4.70. The average molecular weight is 395 g/mol. The highest BCUT2D eigenvalue weighted by atomic mass is 79.9. The molecule has 1 atom stereocenters. The molecule has 1 unspecified atom stereocenters. The molecule has 90 valence electrons. The Bertz CT molecular complexity index is 502. The molecule has 17 heavy (non-hydrogen) atoms. The van der Waals surface area contributed by atoms with Crippen molar-refractivity contribution in [3.63, 3.8) is 0 Å². The molecule has 0 spiro atoms. The number of halogens is 3. The van der Waals surface area contributed by atoms with Crippen LogP contribution in [0.1, 0.15) is 20.8 Å². The van der Waals surface area contributed by atoms with Crippen molar-refractivity contribution in [1.29, 1.82) is 0 Å². The van der Waals surface area contributed by atoms with Crippen LogP contribution in [0, 0.1) is 6.92 Å². The van der Waals surface area contributed by atoms with Gasteiger partial charge in [0.15, 0.2) is 0 Å². The fourth-order valence-corrected chi connectivity index (χ4v) is 4.13. The van der Waals surface area contributed by atoms with Crippen molar-refractivity contribution in [2.45, 2.75) is 18.2 Å². The van der Waals surface area contributed by atoms with E-state index in [9.17, 15) is 0 Å². The Morgan fingerprint density at radius 2 is 2.06 bits per heavy atom. The van der Waals surface area contributed by atoms with Gasteiger partial charge in [-0.1, -0.05) is 51.8 Å². The fourth-order valence-electron chi connectivity index (χ4n) is 1.65. The van der Waals surface area contributed by atoms with E-state index in [4.69, 9.17) is 11.6 Å². The molecule has 0 amide bonds. The summed E-state index contributed by atoms with van der Waals surface area (Å²) in [6.45, 7) is 2.15. The molecule has 0 nitrogen and oxygen atoms in total. The van der Waals surface area contributed by atoms with Gasteiger partial charge in [-0.05, 0) is 46.5 Å². The Morgan fingerprint density at radius 3 is 2.65 bits per heavy atom. The molecule has 0 saturated heterocycles. The van der Waals surface area contributed by atoms with E-state index in [-0.39, 0.29) is 0 Å². The lowest BCUT2D eigenvalue weighted by Crippen LogP contribution is -1.95. The number of hydrogen-bond acceptors (Lipinski definition) is 1. The summed E-state index contributed by atoms with van der Waals surface area (Å²) in [5.41, 5.74) is 2.70. The number of alkyl halides is 1. The van der Waals surface area contributed by atoms with E-state index < -0.39 is 0 Å². The maximum Gasteiger partial charge on any atom is 0.107 e. The van der Waals surface area contributed by atoms with Gasteiger partial charge in [-0.2, -0.15) is 0 Å². The number of thiophene rings is 1. The smallest absolute Gasteiger partial charge is 0.107 e. The van der Waals surface area contributed by atoms with Crippen LogP contribution in [0.3, 0.4) is 0 Å². The standard InChI is InChI=1S/C13H11Br2ClS/c1-8-4-2-3-5-9(8)6-10(14)12-7-11(15)13(16)17-12/h2-5,7,10H,6H2,1H3. The van der Waals surface area contributed by atoms with Crippen molar-refractivity contribution in [1.82, 2.24) is 0 Å². The van der Waals surface area contributed by atoms with Gasteiger partial charge in [-0.3, -0.25) is 0 Å². The van der Waals surface area contributed by atoms with Gasteiger partial charge in [-0.15, -0.1) is 11.3 Å². The predicted octanol–water partition coefficient (Wildman–Crippen LogP) is 6.15. The summed E-state index contributed by atoms with van der Waals surface area (Å²) >= 11 is 14.9. The van der Waals surface area contributed by atoms with Crippen LogP contribution in [0.15, 0.2) is 34.8 Å². The maximum absolute atomic E-state index is 6.06. The fraction of sp³-hybridized carbons (Fsp3) is 0.231. The maximum atomic E-state index is 6.06. The van der Waals surface area contributed by atoms with Gasteiger partial charge in [0.05, 0.1) is 4.83 Å². The molecule has 4 heteroatoms. The second kappa shape index (κ2) is 5.87. The van der Waals surface area contributed by atoms with Crippen LogP contribution >= 0.6 is 54.8 Å². The van der Waals surface area contributed by atoms with E-state index in [1.807, 2.05) is 0 Å². The highest BCUT2D eigenvalue weighted by Crippen LogP contribution is 2.39. The van der Waals surface area contributed by atoms with Crippen molar-refractivity contribution < 1.29 is 0 Å². The summed E-state index contributed by atoms with van der Waals surface area (Å²) in [5.74, 6) is 0. The van der Waals surface area contributed by atoms with Gasteiger partial charge in [0.1, 0.15) is 4.34 Å². The summed E-state index contributed by atoms with van der Waals surface area (Å²) in [4.78, 5) is 1.57. The summed E-state index contributed by atoms with van der Waals surface area (Å²) in [7, 11) is 0. The Balaban J connectivity index is 2.17. The van der Waals surface area contributed by atoms with Crippen molar-refractivity contribution in [3.05, 3.63) is 55.1 Å². The molecule has 2 rings (SSSR count). The van der Waals surface area contributed by atoms with Gasteiger partial charge < -0.3 is 0 Å². The van der Waals surface area contributed by atoms with E-state index in [0.29, 0.717) is 4.83 Å². The molecule has 1 aromatic heterocycles. The van der Waals surface area contributed by atoms with Gasteiger partial charge in [0.2, 0.25) is 0 Å². The third kappa shape index (κ3) is 3.34. The summed E-state index contributed by atoms with van der Waals surface area (Å²) in [6.07, 6.45) is 0.982. The van der Waals surface area contributed by atoms with Crippen molar-refractivity contribution >= 4 is 54.8 Å². The van der Waals surface area contributed by atoms with Gasteiger partial charge in [-0.25, -0.2) is 0 Å². The van der Waals surface area contributed by atoms with E-state index in [1.54, 1.807) is 11.3 Å². The minimum atomic E-state index is 0.317. The molecular weight excluding hydrogens is 383 g/mol. The lowest BCUT2D eigenvalue weighted by molar-refractivity contribution is 0.957. The first kappa shape index (κ1) is 13.6. The minimum Gasteiger partial charge on any atom is -0.126 e. The number of aryl methyl sites for hydroxylation is 1. The zero-order chi connectivity index (χ0) is 12.4. The van der Waals surface area contributed by atoms with Crippen molar-refractivity contribution in [2.75, 3.05) is 0 Å². The Morgan fingerprint density at radius 1 is 1.35 bits per heavy atom. The van der Waals surface area contributed by atoms with Crippen LogP contribution in [0.4, 0.5) is 0 Å². The number of rotatable bonds is 3. The number of hydrogen-bond donors (Lipinski definition) is 0. The van der Waals surface area contributed by atoms with E-state index >= 15 is 0 Å². The van der Waals surface area contributed by atoms with Crippen LogP contribution in [-0.2, 0) is 6.42 Å². The van der Waals surface area contributed by atoms with Crippen molar-refractivity contribution in [2.24, 2.45) is 0 Å². The molecule has 0 fully saturated rings. The van der Waals surface area contributed by atoms with Crippen LogP contribution < -0.4 is 0 Å². The third-order valence-corrected chi connectivity index (χ3v) is 6.34. The molecule has 1 aromatic carbocycles. The van der Waals surface area contributed by atoms with Crippen LogP contribution in [0.5, 0.6) is 0 Å². The zero-order valence-corrected chi connectivity index (χ0v) is 14.0. The number of benzene rings is 1. The molecule has 0 bridgehead atoms. The Labute approximate surface area is 127 Å². The quantitative estimate of drug-likeness (QED) is 0.548. The molecule has 0 N–H and O–H groups in total. The van der Waals surface area contributed by atoms with Crippen molar-refractivity contribution in [3.8, 4) is 0 Å². The second-order valence-corrected chi connectivity index (χ2v) is 7.51. The van der Waals surface area contributed by atoms with E-state index in [2.05, 4.69) is 69.1 Å². The molecular formula is C13H11Br2ClS. The minimum absolute atomic E-state index is 0.317. The van der Waals surface area contributed by atoms with E-state index in [1.165, 1.54) is 16.0 Å². The van der Waals surface area contributed by atoms with Gasteiger partial charge in [0, 0.05) is 9.35 Å². The monoisotopic (exact) mass is 392 g/mol. The Hall–Kier alpha value is 0.170. The first-order chi connectivity index (χ1) is 8.08. The topological polar surface area (TPSA) is 0 Å². The molecule has 0 saturated carbocycles. The lowest BCUT2D eigenvalue weighted by Gasteiger charge is -2.09. The summed E-state index contributed by atoms with van der Waals surface area (Å²) in [5, 5.41) is 0. The molecule has 1 heterocycles. The summed E-state index contributed by atoms with van der Waals surface area (Å²) < 4.78 is 1.79. The first-order valence-corrected chi connectivity index (χ1v) is 8.11. The zero-order valence-electron chi connectivity index (χ0n) is 9.21. The van der Waals surface area contributed by atoms with Gasteiger partial charge >= 0.3 is 0 Å². The SMILES string of the molecule is Cc1ccccc1CC(Br)c1cc(Br)c(Cl)s1. The highest BCUT2D eigenvalue weighted by Gasteiger charge is 2.14. The molecule has 0 aliphatic carbocycles. The average Bonchev–Trinajstić information content (AvgIpc) is 2.63. The lowest BCUT2D eigenvalue weighted by atomic mass is 10.0. The molecule has 2 aromatic rings. The van der Waals surface area contributed by atoms with Crippen LogP contribution in [0.2, 0.25) is 4.34 Å². The third-order valence-electron chi connectivity index (χ3n) is 2.63. The van der Waals surface area contributed by atoms with Gasteiger partial charge in [0.25, 0.3) is 0 Å². The predicted molar refractivity (Wildman–Crippen MR) is 83.6 cm³/mol. The van der Waals surface area contributed by atoms with Crippen LogP contribution in [-0.4, -0.2) is 0 Å². The highest BCUT2D eigenvalue weighted by molar-refractivity contribution is 9.10.